The van der Waals surface area contributed by atoms with E-state index in [1.165, 1.54) is 19.3 Å². The molecule has 0 bridgehead atoms. The van der Waals surface area contributed by atoms with Crippen LogP contribution in [0.4, 0.5) is 4.39 Å². The molecule has 0 heterocycles. The topological polar surface area (TPSA) is 0 Å². The van der Waals surface area contributed by atoms with Gasteiger partial charge >= 0.3 is 0 Å². The lowest BCUT2D eigenvalue weighted by atomic mass is 9.67. The Bertz CT molecular complexity index is 355. The third-order valence-electron chi connectivity index (χ3n) is 4.03. The molecule has 1 aromatic carbocycles. The lowest BCUT2D eigenvalue weighted by Crippen LogP contribution is -2.30. The van der Waals surface area contributed by atoms with Crippen molar-refractivity contribution in [2.75, 3.05) is 0 Å². The van der Waals surface area contributed by atoms with Crippen LogP contribution in [0.25, 0.3) is 0 Å². The van der Waals surface area contributed by atoms with Gasteiger partial charge in [-0.3, -0.25) is 0 Å². The Morgan fingerprint density at radius 1 is 1.16 bits per heavy atom. The zero-order chi connectivity index (χ0) is 14.3. The second-order valence-corrected chi connectivity index (χ2v) is 5.59. The molecule has 1 saturated carbocycles. The number of hydrogen-bond donors (Lipinski definition) is 0. The summed E-state index contributed by atoms with van der Waals surface area (Å²) in [5.74, 6) is -0.118. The van der Waals surface area contributed by atoms with E-state index in [9.17, 15) is 4.39 Å². The third kappa shape index (κ3) is 3.72. The van der Waals surface area contributed by atoms with Crippen LogP contribution in [0.15, 0.2) is 18.2 Å². The average molecular weight is 285 g/mol. The minimum absolute atomic E-state index is 0.00454. The van der Waals surface area contributed by atoms with Gasteiger partial charge in [-0.2, -0.15) is 0 Å². The van der Waals surface area contributed by atoms with Crippen molar-refractivity contribution in [3.8, 4) is 0 Å². The minimum Gasteiger partial charge on any atom is -0.207 e. The van der Waals surface area contributed by atoms with Crippen LogP contribution >= 0.6 is 11.6 Å². The molecule has 108 valence electrons. The Kier molecular flexibility index (Phi) is 6.85. The zero-order valence-corrected chi connectivity index (χ0v) is 13.2. The predicted octanol–water partition coefficient (Wildman–Crippen LogP) is 6.51. The van der Waals surface area contributed by atoms with Crippen LogP contribution in [0.3, 0.4) is 0 Å². The zero-order valence-electron chi connectivity index (χ0n) is 12.4. The molecule has 0 unspecified atom stereocenters. The summed E-state index contributed by atoms with van der Waals surface area (Å²) in [4.78, 5) is 0. The molecule has 1 aromatic rings. The standard InChI is InChI=1S/C15H20ClF.C2H6/c1-2-9-15(10-4-3-5-11-15)14-12(16)7-6-8-13(14)17;1-2/h6-8H,2-5,9-11H2,1H3;1-2H3. The minimum atomic E-state index is -0.118. The van der Waals surface area contributed by atoms with Crippen LogP contribution in [-0.2, 0) is 5.41 Å². The largest absolute Gasteiger partial charge is 0.207 e. The molecule has 1 fully saturated rings. The van der Waals surface area contributed by atoms with Crippen molar-refractivity contribution in [3.63, 3.8) is 0 Å². The lowest BCUT2D eigenvalue weighted by Gasteiger charge is -2.38. The predicted molar refractivity (Wildman–Crippen MR) is 82.4 cm³/mol. The summed E-state index contributed by atoms with van der Waals surface area (Å²) in [6.07, 6.45) is 7.98. The molecule has 0 N–H and O–H groups in total. The van der Waals surface area contributed by atoms with Crippen molar-refractivity contribution in [3.05, 3.63) is 34.6 Å². The molecule has 0 aliphatic heterocycles. The second kappa shape index (κ2) is 7.89. The number of rotatable bonds is 3. The summed E-state index contributed by atoms with van der Waals surface area (Å²) >= 11 is 6.25. The molecule has 0 amide bonds. The van der Waals surface area contributed by atoms with Crippen LogP contribution in [0.2, 0.25) is 5.02 Å². The fraction of sp³-hybridized carbons (Fsp3) is 0.647. The molecule has 2 rings (SSSR count). The fourth-order valence-corrected chi connectivity index (χ4v) is 3.70. The Hall–Kier alpha value is -0.560. The summed E-state index contributed by atoms with van der Waals surface area (Å²) in [5.41, 5.74) is 0.776. The van der Waals surface area contributed by atoms with Gasteiger partial charge in [0.15, 0.2) is 0 Å². The van der Waals surface area contributed by atoms with Gasteiger partial charge in [0.1, 0.15) is 5.82 Å². The van der Waals surface area contributed by atoms with Gasteiger partial charge in [-0.15, -0.1) is 0 Å². The first-order valence-electron chi connectivity index (χ1n) is 7.64. The summed E-state index contributed by atoms with van der Waals surface area (Å²) in [7, 11) is 0. The highest BCUT2D eigenvalue weighted by Gasteiger charge is 2.36. The summed E-state index contributed by atoms with van der Waals surface area (Å²) < 4.78 is 14.1. The molecule has 1 aliphatic carbocycles. The molecule has 0 radical (unpaired) electrons. The van der Waals surface area contributed by atoms with Crippen LogP contribution < -0.4 is 0 Å². The molecule has 1 aliphatic rings. The molecule has 2 heteroatoms. The first kappa shape index (κ1) is 16.5. The second-order valence-electron chi connectivity index (χ2n) is 5.19. The van der Waals surface area contributed by atoms with E-state index in [2.05, 4.69) is 6.92 Å². The summed E-state index contributed by atoms with van der Waals surface area (Å²) in [6.45, 7) is 6.17. The van der Waals surface area contributed by atoms with Gasteiger partial charge in [0, 0.05) is 10.6 Å². The van der Waals surface area contributed by atoms with Crippen molar-refractivity contribution in [1.29, 1.82) is 0 Å². The van der Waals surface area contributed by atoms with Gasteiger partial charge in [-0.25, -0.2) is 4.39 Å². The van der Waals surface area contributed by atoms with Crippen LogP contribution in [-0.4, -0.2) is 0 Å². The van der Waals surface area contributed by atoms with E-state index < -0.39 is 0 Å². The van der Waals surface area contributed by atoms with Crippen LogP contribution in [0, 0.1) is 5.82 Å². The SMILES string of the molecule is CC.CCCC1(c2c(F)cccc2Cl)CCCCC1. The molecule has 0 saturated heterocycles. The van der Waals surface area contributed by atoms with Gasteiger partial charge in [-0.05, 0) is 36.8 Å². The van der Waals surface area contributed by atoms with Gasteiger partial charge in [0.05, 0.1) is 0 Å². The van der Waals surface area contributed by atoms with Crippen LogP contribution in [0.1, 0.15) is 71.3 Å². The van der Waals surface area contributed by atoms with E-state index in [1.807, 2.05) is 19.9 Å². The van der Waals surface area contributed by atoms with Crippen molar-refractivity contribution in [2.24, 2.45) is 0 Å². The number of halogens is 2. The maximum Gasteiger partial charge on any atom is 0.128 e. The first-order chi connectivity index (χ1) is 9.19. The highest BCUT2D eigenvalue weighted by atomic mass is 35.5. The highest BCUT2D eigenvalue weighted by Crippen LogP contribution is 2.46. The maximum absolute atomic E-state index is 14.1. The monoisotopic (exact) mass is 284 g/mol. The molecule has 0 nitrogen and oxygen atoms in total. The molecular weight excluding hydrogens is 259 g/mol. The molecule has 0 aromatic heterocycles. The summed E-state index contributed by atoms with van der Waals surface area (Å²) in [6, 6.07) is 5.07. The molecule has 0 atom stereocenters. The van der Waals surface area contributed by atoms with E-state index >= 15 is 0 Å². The van der Waals surface area contributed by atoms with Crippen molar-refractivity contribution in [1.82, 2.24) is 0 Å². The van der Waals surface area contributed by atoms with E-state index in [1.54, 1.807) is 12.1 Å². The van der Waals surface area contributed by atoms with E-state index in [0.717, 1.165) is 31.2 Å². The smallest absolute Gasteiger partial charge is 0.128 e. The van der Waals surface area contributed by atoms with Crippen molar-refractivity contribution in [2.45, 2.75) is 71.1 Å². The van der Waals surface area contributed by atoms with E-state index in [0.29, 0.717) is 5.02 Å². The van der Waals surface area contributed by atoms with Gasteiger partial charge in [0.25, 0.3) is 0 Å². The van der Waals surface area contributed by atoms with Crippen LogP contribution in [0.5, 0.6) is 0 Å². The quantitative estimate of drug-likeness (QED) is 0.594. The third-order valence-corrected chi connectivity index (χ3v) is 4.35. The Balaban J connectivity index is 0.000000861. The molecular formula is C17H26ClF. The van der Waals surface area contributed by atoms with Gasteiger partial charge < -0.3 is 0 Å². The van der Waals surface area contributed by atoms with Crippen molar-refractivity contribution < 1.29 is 4.39 Å². The van der Waals surface area contributed by atoms with Gasteiger partial charge in [-0.1, -0.05) is 64.1 Å². The maximum atomic E-state index is 14.1. The first-order valence-corrected chi connectivity index (χ1v) is 8.02. The van der Waals surface area contributed by atoms with E-state index in [4.69, 9.17) is 11.6 Å². The number of hydrogen-bond acceptors (Lipinski definition) is 0. The fourth-order valence-electron chi connectivity index (χ4n) is 3.34. The summed E-state index contributed by atoms with van der Waals surface area (Å²) in [5, 5.41) is 0.611. The van der Waals surface area contributed by atoms with Crippen molar-refractivity contribution >= 4 is 11.6 Å². The Morgan fingerprint density at radius 3 is 2.32 bits per heavy atom. The normalized spacial score (nSPS) is 17.5. The molecule has 19 heavy (non-hydrogen) atoms. The Labute approximate surface area is 122 Å². The molecule has 0 spiro atoms. The highest BCUT2D eigenvalue weighted by molar-refractivity contribution is 6.31. The van der Waals surface area contributed by atoms with E-state index in [-0.39, 0.29) is 11.2 Å². The lowest BCUT2D eigenvalue weighted by molar-refractivity contribution is 0.263. The number of benzene rings is 1. The Morgan fingerprint density at radius 2 is 1.79 bits per heavy atom. The average Bonchev–Trinajstić information content (AvgIpc) is 2.42. The van der Waals surface area contributed by atoms with Gasteiger partial charge in [0.2, 0.25) is 0 Å².